The van der Waals surface area contributed by atoms with Gasteiger partial charge in [0.05, 0.1) is 6.17 Å². The number of aryl methyl sites for hydroxylation is 2. The average Bonchev–Trinajstić information content (AvgIpc) is 3.04. The molecule has 3 aromatic carbocycles. The lowest BCUT2D eigenvalue weighted by molar-refractivity contribution is -0.0106. The molecule has 1 heterocycles. The molecular weight excluding hydrogens is 658 g/mol. The quantitative estimate of drug-likeness (QED) is 0.112. The number of hydrogen-bond acceptors (Lipinski definition) is 5. The molecule has 46 heavy (non-hydrogen) atoms. The van der Waals surface area contributed by atoms with Crippen LogP contribution in [0.2, 0.25) is 0 Å². The van der Waals surface area contributed by atoms with E-state index < -0.39 is 0 Å². The Bertz CT molecular complexity index is 1330. The highest BCUT2D eigenvalue weighted by molar-refractivity contribution is 6.19. The maximum absolute atomic E-state index is 11.6. The van der Waals surface area contributed by atoms with E-state index >= 15 is 0 Å². The van der Waals surface area contributed by atoms with Crippen molar-refractivity contribution in [3.63, 3.8) is 0 Å². The number of halogens is 4. The van der Waals surface area contributed by atoms with Crippen LogP contribution < -0.4 is 9.80 Å². The van der Waals surface area contributed by atoms with Crippen LogP contribution in [0.3, 0.4) is 0 Å². The highest BCUT2D eigenvalue weighted by atomic mass is 35.5. The number of alkyl halides is 4. The van der Waals surface area contributed by atoms with Crippen molar-refractivity contribution in [3.8, 4) is 5.75 Å². The summed E-state index contributed by atoms with van der Waals surface area (Å²) >= 11 is 24.4. The van der Waals surface area contributed by atoms with Gasteiger partial charge in [-0.15, -0.1) is 53.0 Å². The first-order chi connectivity index (χ1) is 22.3. The first-order valence-corrected chi connectivity index (χ1v) is 18.3. The minimum atomic E-state index is -0.0929. The van der Waals surface area contributed by atoms with Crippen LogP contribution in [0.1, 0.15) is 46.0 Å². The minimum Gasteiger partial charge on any atom is -0.507 e. The van der Waals surface area contributed by atoms with E-state index in [0.717, 1.165) is 81.3 Å². The Morgan fingerprint density at radius 1 is 0.739 bits per heavy atom. The summed E-state index contributed by atoms with van der Waals surface area (Å²) < 4.78 is 0. The van der Waals surface area contributed by atoms with Crippen molar-refractivity contribution in [2.45, 2.75) is 45.9 Å². The monoisotopic (exact) mass is 704 g/mol. The molecule has 0 aromatic heterocycles. The lowest BCUT2D eigenvalue weighted by Gasteiger charge is -2.45. The third kappa shape index (κ3) is 9.27. The number of allylic oxidation sites excluding steroid dienone is 1. The molecule has 0 saturated carbocycles. The van der Waals surface area contributed by atoms with Crippen LogP contribution in [-0.2, 0) is 19.5 Å². The van der Waals surface area contributed by atoms with Crippen LogP contribution >= 0.6 is 46.4 Å². The maximum Gasteiger partial charge on any atom is 0.125 e. The van der Waals surface area contributed by atoms with Crippen LogP contribution in [0, 0.1) is 13.8 Å². The van der Waals surface area contributed by atoms with Crippen molar-refractivity contribution in [1.82, 2.24) is 9.80 Å². The fourth-order valence-corrected chi connectivity index (χ4v) is 7.33. The van der Waals surface area contributed by atoms with Gasteiger partial charge in [-0.1, -0.05) is 36.4 Å². The predicted octanol–water partition coefficient (Wildman–Crippen LogP) is 8.71. The zero-order valence-corrected chi connectivity index (χ0v) is 30.2. The fourth-order valence-electron chi connectivity index (χ4n) is 6.51. The molecule has 1 N–H and O–H groups in total. The maximum atomic E-state index is 11.6. The largest absolute Gasteiger partial charge is 0.507 e. The van der Waals surface area contributed by atoms with Gasteiger partial charge in [0.2, 0.25) is 0 Å². The molecule has 0 amide bonds. The molecule has 9 heteroatoms. The minimum absolute atomic E-state index is 0.0929. The molecule has 1 aliphatic rings. The van der Waals surface area contributed by atoms with E-state index in [2.05, 4.69) is 88.6 Å². The number of anilines is 2. The summed E-state index contributed by atoms with van der Waals surface area (Å²) in [5.41, 5.74) is 9.13. The SMILES string of the molecule is C=CCc1cccc(C2N(Cc3ccc(N(CCCl)CCCl)cc3C)CCCN2Cc2ccc(N(CCCl)CCCl)cc2C)c1O. The number of nitrogens with zero attached hydrogens (tertiary/aromatic N) is 4. The standard InChI is InChI=1S/C37H48Cl4N4O/c1-4-7-30-8-5-9-35(36(30)46)37-44(26-31-10-12-33(24-28(31)2)42(20-14-38)21-15-39)18-6-19-45(37)27-32-11-13-34(25-29(32)3)43(22-16-40)23-17-41/h4-5,8-13,24-25,37,46H,1,6-7,14-23,26-27H2,2-3H3. The molecule has 5 nitrogen and oxygen atoms in total. The van der Waals surface area contributed by atoms with E-state index in [1.54, 1.807) is 0 Å². The number of aromatic hydroxyl groups is 1. The normalized spacial score (nSPS) is 14.5. The van der Waals surface area contributed by atoms with E-state index in [0.29, 0.717) is 35.7 Å². The van der Waals surface area contributed by atoms with Gasteiger partial charge in [-0.2, -0.15) is 0 Å². The molecule has 4 rings (SSSR count). The topological polar surface area (TPSA) is 33.2 Å². The van der Waals surface area contributed by atoms with Crippen molar-refractivity contribution < 1.29 is 5.11 Å². The number of para-hydroxylation sites is 1. The van der Waals surface area contributed by atoms with Gasteiger partial charge in [0.1, 0.15) is 5.75 Å². The molecule has 1 aliphatic heterocycles. The van der Waals surface area contributed by atoms with E-state index in [9.17, 15) is 5.11 Å². The molecule has 0 spiro atoms. The highest BCUT2D eigenvalue weighted by Crippen LogP contribution is 2.39. The number of benzene rings is 3. The molecule has 0 aliphatic carbocycles. The van der Waals surface area contributed by atoms with E-state index in [-0.39, 0.29) is 6.17 Å². The molecule has 0 atom stereocenters. The summed E-state index contributed by atoms with van der Waals surface area (Å²) in [4.78, 5) is 9.51. The summed E-state index contributed by atoms with van der Waals surface area (Å²) in [6, 6.07) is 19.5. The Hall–Kier alpha value is -2.12. The van der Waals surface area contributed by atoms with Crippen LogP contribution in [-0.4, -0.2) is 77.7 Å². The molecule has 0 unspecified atom stereocenters. The number of rotatable bonds is 17. The third-order valence-corrected chi connectivity index (χ3v) is 9.60. The molecule has 1 saturated heterocycles. The van der Waals surface area contributed by atoms with Crippen molar-refractivity contribution in [3.05, 3.63) is 101 Å². The van der Waals surface area contributed by atoms with Crippen LogP contribution in [0.15, 0.2) is 67.3 Å². The first kappa shape index (κ1) is 36.7. The predicted molar refractivity (Wildman–Crippen MR) is 200 cm³/mol. The van der Waals surface area contributed by atoms with Gasteiger partial charge < -0.3 is 14.9 Å². The van der Waals surface area contributed by atoms with Crippen molar-refractivity contribution >= 4 is 57.8 Å². The van der Waals surface area contributed by atoms with Crippen LogP contribution in [0.25, 0.3) is 0 Å². The Kier molecular flexibility index (Phi) is 14.7. The van der Waals surface area contributed by atoms with Crippen molar-refractivity contribution in [2.75, 3.05) is 72.6 Å². The van der Waals surface area contributed by atoms with Gasteiger partial charge in [-0.05, 0) is 78.8 Å². The Morgan fingerprint density at radius 2 is 1.22 bits per heavy atom. The van der Waals surface area contributed by atoms with Gasteiger partial charge in [-0.3, -0.25) is 9.80 Å². The number of hydrogen-bond donors (Lipinski definition) is 1. The molecule has 3 aromatic rings. The zero-order valence-electron chi connectivity index (χ0n) is 27.2. The number of phenols is 1. The second-order valence-corrected chi connectivity index (χ2v) is 13.5. The summed E-state index contributed by atoms with van der Waals surface area (Å²) in [6.45, 7) is 14.7. The molecule has 1 fully saturated rings. The number of phenolic OH excluding ortho intramolecular Hbond substituents is 1. The van der Waals surface area contributed by atoms with Gasteiger partial charge >= 0.3 is 0 Å². The smallest absolute Gasteiger partial charge is 0.125 e. The van der Waals surface area contributed by atoms with Crippen molar-refractivity contribution in [2.24, 2.45) is 0 Å². The van der Waals surface area contributed by atoms with Crippen LogP contribution in [0.5, 0.6) is 5.75 Å². The lowest BCUT2D eigenvalue weighted by Crippen LogP contribution is -2.47. The molecular formula is C37H48Cl4N4O. The summed E-state index contributed by atoms with van der Waals surface area (Å²) in [7, 11) is 0. The summed E-state index contributed by atoms with van der Waals surface area (Å²) in [6.07, 6.45) is 3.41. The lowest BCUT2D eigenvalue weighted by atomic mass is 9.98. The van der Waals surface area contributed by atoms with Gasteiger partial charge in [-0.25, -0.2) is 0 Å². The van der Waals surface area contributed by atoms with Gasteiger partial charge in [0, 0.05) is 92.8 Å². The summed E-state index contributed by atoms with van der Waals surface area (Å²) in [5.74, 6) is 2.58. The molecule has 250 valence electrons. The Balaban J connectivity index is 1.67. The van der Waals surface area contributed by atoms with Gasteiger partial charge in [0.25, 0.3) is 0 Å². The second-order valence-electron chi connectivity index (χ2n) is 12.0. The molecule has 0 radical (unpaired) electrons. The third-order valence-electron chi connectivity index (χ3n) is 8.92. The summed E-state index contributed by atoms with van der Waals surface area (Å²) in [5, 5.41) is 11.6. The zero-order chi connectivity index (χ0) is 33.1. The van der Waals surface area contributed by atoms with E-state index in [1.807, 2.05) is 12.1 Å². The first-order valence-electron chi connectivity index (χ1n) is 16.2. The van der Waals surface area contributed by atoms with Gasteiger partial charge in [0.15, 0.2) is 0 Å². The fraction of sp³-hybridized carbons (Fsp3) is 0.459. The molecule has 0 bridgehead atoms. The Labute approximate surface area is 296 Å². The van der Waals surface area contributed by atoms with E-state index in [4.69, 9.17) is 46.4 Å². The second kappa shape index (κ2) is 18.4. The highest BCUT2D eigenvalue weighted by Gasteiger charge is 2.33. The van der Waals surface area contributed by atoms with Crippen LogP contribution in [0.4, 0.5) is 11.4 Å². The average molecular weight is 707 g/mol. The Morgan fingerprint density at radius 3 is 1.63 bits per heavy atom. The van der Waals surface area contributed by atoms with E-state index in [1.165, 1.54) is 22.3 Å². The van der Waals surface area contributed by atoms with Crippen molar-refractivity contribution in [1.29, 1.82) is 0 Å².